The zero-order chi connectivity index (χ0) is 12.0. The lowest BCUT2D eigenvalue weighted by Gasteiger charge is -2.56. The van der Waals surface area contributed by atoms with Crippen molar-refractivity contribution in [2.24, 2.45) is 5.92 Å². The molecule has 1 fully saturated rings. The average molecular weight is 229 g/mol. The number of hydrogen-bond donors (Lipinski definition) is 1. The Balaban J connectivity index is 2.87. The van der Waals surface area contributed by atoms with Crippen LogP contribution in [0.1, 0.15) is 27.7 Å². The van der Waals surface area contributed by atoms with Crippen LogP contribution in [-0.2, 0) is 4.79 Å². The molecule has 0 aromatic rings. The molecule has 0 aromatic heterocycles. The number of nitrogens with zero attached hydrogens (tertiary/aromatic N) is 1. The minimum Gasteiger partial charge on any atom is -0.480 e. The van der Waals surface area contributed by atoms with Crippen molar-refractivity contribution >= 4 is 14.2 Å². The van der Waals surface area contributed by atoms with Gasteiger partial charge in [0.25, 0.3) is 0 Å². The van der Waals surface area contributed by atoms with E-state index in [1.54, 1.807) is 0 Å². The lowest BCUT2D eigenvalue weighted by molar-refractivity contribution is -0.148. The van der Waals surface area contributed by atoms with E-state index in [-0.39, 0.29) is 11.1 Å². The predicted octanol–water partition coefficient (Wildman–Crippen LogP) is 2.40. The molecule has 1 saturated heterocycles. The largest absolute Gasteiger partial charge is 0.480 e. The number of carboxylic acid groups (broad SMARTS) is 1. The zero-order valence-electron chi connectivity index (χ0n) is 10.7. The smallest absolute Gasteiger partial charge is 0.320 e. The number of carboxylic acids is 1. The van der Waals surface area contributed by atoms with Crippen LogP contribution in [0.25, 0.3) is 0 Å². The van der Waals surface area contributed by atoms with Gasteiger partial charge in [0, 0.05) is 0 Å². The zero-order valence-corrected chi connectivity index (χ0v) is 11.7. The van der Waals surface area contributed by atoms with Crippen LogP contribution in [0.15, 0.2) is 0 Å². The maximum atomic E-state index is 11.2. The Bertz CT molecular complexity index is 270. The Labute approximate surface area is 93.6 Å². The molecule has 1 aliphatic heterocycles. The Morgan fingerprint density at radius 2 is 1.87 bits per heavy atom. The summed E-state index contributed by atoms with van der Waals surface area (Å²) in [5, 5.41) is 9.41. The molecule has 4 heteroatoms. The number of hydrogen-bond acceptors (Lipinski definition) is 2. The molecule has 0 saturated carbocycles. The topological polar surface area (TPSA) is 40.5 Å². The van der Waals surface area contributed by atoms with Gasteiger partial charge in [-0.05, 0) is 17.5 Å². The number of rotatable bonds is 2. The van der Waals surface area contributed by atoms with Gasteiger partial charge in [0.05, 0.1) is 0 Å². The molecule has 15 heavy (non-hydrogen) atoms. The molecule has 0 amide bonds. The van der Waals surface area contributed by atoms with Crippen LogP contribution in [0.5, 0.6) is 0 Å². The molecule has 3 nitrogen and oxygen atoms in total. The van der Waals surface area contributed by atoms with E-state index in [1.165, 1.54) is 0 Å². The number of aliphatic carboxylic acids is 1. The van der Waals surface area contributed by atoms with Gasteiger partial charge in [0.2, 0.25) is 0 Å². The lowest BCUT2D eigenvalue weighted by Crippen LogP contribution is -2.71. The maximum Gasteiger partial charge on any atom is 0.320 e. The summed E-state index contributed by atoms with van der Waals surface area (Å²) in [5.41, 5.74) is 0. The summed E-state index contributed by atoms with van der Waals surface area (Å²) in [6.07, 6.45) is 0. The summed E-state index contributed by atoms with van der Waals surface area (Å²) in [4.78, 5) is 11.2. The third kappa shape index (κ3) is 1.97. The highest BCUT2D eigenvalue weighted by Crippen LogP contribution is 2.43. The highest BCUT2D eigenvalue weighted by molar-refractivity contribution is 6.77. The summed E-state index contributed by atoms with van der Waals surface area (Å²) >= 11 is 0. The van der Waals surface area contributed by atoms with Crippen LogP contribution in [-0.4, -0.2) is 36.5 Å². The first-order valence-electron chi connectivity index (χ1n) is 5.58. The summed E-state index contributed by atoms with van der Waals surface area (Å²) < 4.78 is 2.25. The quantitative estimate of drug-likeness (QED) is 0.739. The van der Waals surface area contributed by atoms with Gasteiger partial charge in [-0.2, -0.15) is 0 Å². The van der Waals surface area contributed by atoms with Crippen molar-refractivity contribution in [1.82, 2.24) is 4.57 Å². The van der Waals surface area contributed by atoms with Crippen LogP contribution in [0.3, 0.4) is 0 Å². The second-order valence-electron chi connectivity index (χ2n) is 6.22. The molecule has 0 bridgehead atoms. The van der Waals surface area contributed by atoms with E-state index < -0.39 is 14.2 Å². The standard InChI is InChI=1S/C11H23NO2Si/c1-8-7-12(9(8)10(13)14)15(5,6)11(2,3)4/h8-9H,7H2,1-6H3,(H,13,14)/t8-,9-/m0/s1. The Hall–Kier alpha value is -0.353. The minimum atomic E-state index is -1.64. The van der Waals surface area contributed by atoms with E-state index in [1.807, 2.05) is 6.92 Å². The van der Waals surface area contributed by atoms with E-state index in [4.69, 9.17) is 0 Å². The summed E-state index contributed by atoms with van der Waals surface area (Å²) in [6, 6.07) is -0.245. The molecular weight excluding hydrogens is 206 g/mol. The van der Waals surface area contributed by atoms with Gasteiger partial charge >= 0.3 is 5.97 Å². The molecule has 1 N–H and O–H groups in total. The van der Waals surface area contributed by atoms with E-state index >= 15 is 0 Å². The fourth-order valence-electron chi connectivity index (χ4n) is 2.08. The molecule has 88 valence electrons. The summed E-state index contributed by atoms with van der Waals surface area (Å²) in [5.74, 6) is -0.352. The van der Waals surface area contributed by atoms with E-state index in [0.717, 1.165) is 6.54 Å². The van der Waals surface area contributed by atoms with Crippen molar-refractivity contribution in [3.63, 3.8) is 0 Å². The van der Waals surface area contributed by atoms with Gasteiger partial charge in [-0.15, -0.1) is 0 Å². The van der Waals surface area contributed by atoms with Crippen molar-refractivity contribution in [3.8, 4) is 0 Å². The van der Waals surface area contributed by atoms with Gasteiger partial charge in [-0.3, -0.25) is 4.79 Å². The SMILES string of the molecule is C[C@H]1CN([Si](C)(C)C(C)(C)C)[C@@H]1C(=O)O. The van der Waals surface area contributed by atoms with Crippen LogP contribution in [0.4, 0.5) is 0 Å². The van der Waals surface area contributed by atoms with Gasteiger partial charge in [0.15, 0.2) is 0 Å². The maximum absolute atomic E-state index is 11.2. The van der Waals surface area contributed by atoms with Crippen molar-refractivity contribution < 1.29 is 9.90 Å². The van der Waals surface area contributed by atoms with E-state index in [2.05, 4.69) is 38.4 Å². The first-order chi connectivity index (χ1) is 6.59. The highest BCUT2D eigenvalue weighted by atomic mass is 28.3. The van der Waals surface area contributed by atoms with Gasteiger partial charge < -0.3 is 9.67 Å². The van der Waals surface area contributed by atoms with E-state index in [0.29, 0.717) is 5.92 Å². The average Bonchev–Trinajstić information content (AvgIpc) is 1.95. The molecule has 1 rings (SSSR count). The van der Waals surface area contributed by atoms with Crippen LogP contribution < -0.4 is 0 Å². The van der Waals surface area contributed by atoms with Crippen molar-refractivity contribution in [2.45, 2.75) is 51.9 Å². The molecule has 0 radical (unpaired) electrons. The fourth-order valence-corrected chi connectivity index (χ4v) is 4.74. The van der Waals surface area contributed by atoms with Gasteiger partial charge in [0.1, 0.15) is 14.3 Å². The molecule has 1 aliphatic rings. The second kappa shape index (κ2) is 3.59. The van der Waals surface area contributed by atoms with Crippen LogP contribution in [0.2, 0.25) is 18.1 Å². The van der Waals surface area contributed by atoms with Crippen LogP contribution >= 0.6 is 0 Å². The molecule has 2 atom stereocenters. The van der Waals surface area contributed by atoms with Gasteiger partial charge in [-0.25, -0.2) is 0 Å². The molecule has 1 heterocycles. The van der Waals surface area contributed by atoms with Crippen molar-refractivity contribution in [3.05, 3.63) is 0 Å². The fraction of sp³-hybridized carbons (Fsp3) is 0.909. The third-order valence-electron chi connectivity index (χ3n) is 4.17. The molecule has 0 unspecified atom stereocenters. The predicted molar refractivity (Wildman–Crippen MR) is 64.5 cm³/mol. The second-order valence-corrected chi connectivity index (χ2v) is 11.4. The first-order valence-corrected chi connectivity index (χ1v) is 8.53. The van der Waals surface area contributed by atoms with E-state index in [9.17, 15) is 9.90 Å². The Morgan fingerprint density at radius 1 is 1.40 bits per heavy atom. The van der Waals surface area contributed by atoms with Gasteiger partial charge in [-0.1, -0.05) is 40.8 Å². The van der Waals surface area contributed by atoms with Crippen LogP contribution in [0, 0.1) is 5.92 Å². The first kappa shape index (κ1) is 12.7. The molecular formula is C11H23NO2Si. The molecule has 0 spiro atoms. The minimum absolute atomic E-state index is 0.223. The molecule has 0 aliphatic carbocycles. The summed E-state index contributed by atoms with van der Waals surface area (Å²) in [6.45, 7) is 14.2. The van der Waals surface area contributed by atoms with Crippen molar-refractivity contribution in [2.75, 3.05) is 6.54 Å². The third-order valence-corrected chi connectivity index (χ3v) is 9.73. The highest BCUT2D eigenvalue weighted by Gasteiger charge is 2.53. The molecule has 0 aromatic carbocycles. The Kier molecular flexibility index (Phi) is 3.05. The Morgan fingerprint density at radius 3 is 2.13 bits per heavy atom. The summed E-state index contributed by atoms with van der Waals surface area (Å²) in [7, 11) is -1.64. The normalized spacial score (nSPS) is 28.7. The monoisotopic (exact) mass is 229 g/mol. The lowest BCUT2D eigenvalue weighted by atomic mass is 9.94. The number of carbonyl (C=O) groups is 1. The van der Waals surface area contributed by atoms with Crippen molar-refractivity contribution in [1.29, 1.82) is 0 Å².